The van der Waals surface area contributed by atoms with Gasteiger partial charge < -0.3 is 9.64 Å². The van der Waals surface area contributed by atoms with Gasteiger partial charge in [-0.1, -0.05) is 18.2 Å². The number of para-hydroxylation sites is 1. The zero-order chi connectivity index (χ0) is 17.8. The number of likely N-dealkylation sites (tertiary alicyclic amines) is 1. The van der Waals surface area contributed by atoms with Crippen LogP contribution < -0.4 is 4.74 Å². The van der Waals surface area contributed by atoms with E-state index in [4.69, 9.17) is 4.74 Å². The van der Waals surface area contributed by atoms with Gasteiger partial charge in [0, 0.05) is 37.9 Å². The second-order valence-corrected chi connectivity index (χ2v) is 7.47. The van der Waals surface area contributed by atoms with Gasteiger partial charge in [-0.2, -0.15) is 5.10 Å². The number of hydrogen-bond acceptors (Lipinski definition) is 3. The number of ether oxygens (including phenoxy) is 1. The second kappa shape index (κ2) is 7.94. The summed E-state index contributed by atoms with van der Waals surface area (Å²) in [6.07, 6.45) is 8.81. The van der Waals surface area contributed by atoms with Crippen LogP contribution in [0.5, 0.6) is 5.75 Å². The minimum absolute atomic E-state index is 0.0549. The van der Waals surface area contributed by atoms with Crippen molar-refractivity contribution < 1.29 is 9.53 Å². The summed E-state index contributed by atoms with van der Waals surface area (Å²) in [5.41, 5.74) is 1.16. The maximum absolute atomic E-state index is 13.0. The summed E-state index contributed by atoms with van der Waals surface area (Å²) < 4.78 is 7.82. The molecule has 2 aliphatic rings. The molecule has 26 heavy (non-hydrogen) atoms. The fourth-order valence-corrected chi connectivity index (χ4v) is 4.15. The van der Waals surface area contributed by atoms with E-state index in [1.807, 2.05) is 41.3 Å². The summed E-state index contributed by atoms with van der Waals surface area (Å²) in [5, 5.41) is 4.27. The van der Waals surface area contributed by atoms with Crippen molar-refractivity contribution >= 4 is 5.91 Å². The number of hydrogen-bond donors (Lipinski definition) is 0. The van der Waals surface area contributed by atoms with Crippen LogP contribution in [0.15, 0.2) is 42.7 Å². The first-order chi connectivity index (χ1) is 12.8. The van der Waals surface area contributed by atoms with Crippen molar-refractivity contribution in [3.05, 3.63) is 48.3 Å². The number of rotatable bonds is 4. The normalized spacial score (nSPS) is 20.9. The fourth-order valence-electron chi connectivity index (χ4n) is 4.15. The third-order valence-electron chi connectivity index (χ3n) is 5.76. The third kappa shape index (κ3) is 3.92. The Morgan fingerprint density at radius 3 is 2.81 bits per heavy atom. The molecule has 0 radical (unpaired) electrons. The van der Waals surface area contributed by atoms with Crippen molar-refractivity contribution in [1.29, 1.82) is 0 Å². The van der Waals surface area contributed by atoms with E-state index in [0.717, 1.165) is 63.1 Å². The molecular weight excluding hydrogens is 326 g/mol. The lowest BCUT2D eigenvalue weighted by Gasteiger charge is -2.34. The average Bonchev–Trinajstić information content (AvgIpc) is 3.11. The summed E-state index contributed by atoms with van der Waals surface area (Å²) in [6.45, 7) is 3.39. The van der Waals surface area contributed by atoms with Crippen LogP contribution in [0.25, 0.3) is 0 Å². The third-order valence-corrected chi connectivity index (χ3v) is 5.76. The van der Waals surface area contributed by atoms with Gasteiger partial charge in [-0.15, -0.1) is 0 Å². The SMILES string of the molecule is O=C(C1CCOc2ccccc2C1)N1CCC(CCn2cccn2)CC1. The van der Waals surface area contributed by atoms with Crippen molar-refractivity contribution in [2.75, 3.05) is 19.7 Å². The first kappa shape index (κ1) is 17.1. The molecule has 0 bridgehead atoms. The lowest BCUT2D eigenvalue weighted by Crippen LogP contribution is -2.42. The standard InChI is InChI=1S/C21H27N3O2/c25-21(19-9-15-26-20-5-2-1-4-18(20)16-19)23-12-6-17(7-13-23)8-14-24-11-3-10-22-24/h1-5,10-11,17,19H,6-9,12-16H2. The summed E-state index contributed by atoms with van der Waals surface area (Å²) in [6, 6.07) is 10.1. The molecule has 4 rings (SSSR count). The highest BCUT2D eigenvalue weighted by atomic mass is 16.5. The maximum atomic E-state index is 13.0. The number of benzene rings is 1. The van der Waals surface area contributed by atoms with Crippen molar-refractivity contribution in [2.45, 2.75) is 38.6 Å². The average molecular weight is 353 g/mol. The van der Waals surface area contributed by atoms with Crippen LogP contribution in [0, 0.1) is 11.8 Å². The molecule has 0 saturated carbocycles. The zero-order valence-corrected chi connectivity index (χ0v) is 15.2. The summed E-state index contributed by atoms with van der Waals surface area (Å²) in [4.78, 5) is 15.1. The lowest BCUT2D eigenvalue weighted by atomic mass is 9.91. The van der Waals surface area contributed by atoms with E-state index >= 15 is 0 Å². The van der Waals surface area contributed by atoms with Crippen LogP contribution in [-0.2, 0) is 17.8 Å². The molecule has 5 heteroatoms. The Hall–Kier alpha value is -2.30. The van der Waals surface area contributed by atoms with Crippen LogP contribution in [0.4, 0.5) is 0 Å². The highest BCUT2D eigenvalue weighted by Crippen LogP contribution is 2.29. The number of aromatic nitrogens is 2. The Balaban J connectivity index is 1.29. The molecule has 0 aliphatic carbocycles. The van der Waals surface area contributed by atoms with E-state index in [1.165, 1.54) is 0 Å². The second-order valence-electron chi connectivity index (χ2n) is 7.47. The molecule has 1 aromatic heterocycles. The molecule has 1 unspecified atom stereocenters. The minimum atomic E-state index is 0.0549. The van der Waals surface area contributed by atoms with Crippen LogP contribution in [0.2, 0.25) is 0 Å². The Kier molecular flexibility index (Phi) is 5.23. The number of carbonyl (C=O) groups is 1. The van der Waals surface area contributed by atoms with Gasteiger partial charge in [0.2, 0.25) is 5.91 Å². The van der Waals surface area contributed by atoms with E-state index in [0.29, 0.717) is 18.4 Å². The molecule has 1 aromatic carbocycles. The first-order valence-electron chi connectivity index (χ1n) is 9.76. The van der Waals surface area contributed by atoms with Gasteiger partial charge in [0.05, 0.1) is 6.61 Å². The molecule has 1 fully saturated rings. The number of carbonyl (C=O) groups excluding carboxylic acids is 1. The monoisotopic (exact) mass is 353 g/mol. The number of amides is 1. The number of piperidine rings is 1. The maximum Gasteiger partial charge on any atom is 0.226 e. The molecule has 1 atom stereocenters. The molecule has 1 amide bonds. The molecule has 1 saturated heterocycles. The first-order valence-corrected chi connectivity index (χ1v) is 9.76. The number of fused-ring (bicyclic) bond motifs is 1. The van der Waals surface area contributed by atoms with Gasteiger partial charge in [-0.3, -0.25) is 9.48 Å². The Bertz CT molecular complexity index is 721. The molecule has 2 aliphatic heterocycles. The van der Waals surface area contributed by atoms with Crippen molar-refractivity contribution in [1.82, 2.24) is 14.7 Å². The number of aryl methyl sites for hydroxylation is 1. The Morgan fingerprint density at radius 2 is 2.00 bits per heavy atom. The smallest absolute Gasteiger partial charge is 0.226 e. The largest absolute Gasteiger partial charge is 0.493 e. The fraction of sp³-hybridized carbons (Fsp3) is 0.524. The quantitative estimate of drug-likeness (QED) is 0.848. The molecule has 2 aromatic rings. The van der Waals surface area contributed by atoms with E-state index in [1.54, 1.807) is 0 Å². The molecule has 3 heterocycles. The Labute approximate surface area is 154 Å². The van der Waals surface area contributed by atoms with Gasteiger partial charge in [0.15, 0.2) is 0 Å². The molecular formula is C21H27N3O2. The van der Waals surface area contributed by atoms with Gasteiger partial charge in [-0.25, -0.2) is 0 Å². The van der Waals surface area contributed by atoms with Gasteiger partial charge >= 0.3 is 0 Å². The summed E-state index contributed by atoms with van der Waals surface area (Å²) in [7, 11) is 0. The van der Waals surface area contributed by atoms with E-state index in [9.17, 15) is 4.79 Å². The number of nitrogens with zero attached hydrogens (tertiary/aromatic N) is 3. The predicted octanol–water partition coefficient (Wildman–Crippen LogP) is 3.15. The van der Waals surface area contributed by atoms with Crippen LogP contribution in [-0.4, -0.2) is 40.3 Å². The van der Waals surface area contributed by atoms with Crippen LogP contribution in [0.3, 0.4) is 0 Å². The minimum Gasteiger partial charge on any atom is -0.493 e. The van der Waals surface area contributed by atoms with E-state index in [2.05, 4.69) is 16.1 Å². The highest BCUT2D eigenvalue weighted by Gasteiger charge is 2.30. The van der Waals surface area contributed by atoms with Gasteiger partial charge in [0.1, 0.15) is 5.75 Å². The van der Waals surface area contributed by atoms with E-state index < -0.39 is 0 Å². The molecule has 138 valence electrons. The van der Waals surface area contributed by atoms with Crippen molar-refractivity contribution in [2.24, 2.45) is 11.8 Å². The topological polar surface area (TPSA) is 47.4 Å². The van der Waals surface area contributed by atoms with Crippen LogP contribution >= 0.6 is 0 Å². The predicted molar refractivity (Wildman–Crippen MR) is 99.9 cm³/mol. The highest BCUT2D eigenvalue weighted by molar-refractivity contribution is 5.79. The van der Waals surface area contributed by atoms with Crippen molar-refractivity contribution in [3.8, 4) is 5.75 Å². The zero-order valence-electron chi connectivity index (χ0n) is 15.2. The van der Waals surface area contributed by atoms with E-state index in [-0.39, 0.29) is 5.92 Å². The van der Waals surface area contributed by atoms with Gasteiger partial charge in [0.25, 0.3) is 0 Å². The molecule has 5 nitrogen and oxygen atoms in total. The van der Waals surface area contributed by atoms with Gasteiger partial charge in [-0.05, 0) is 55.7 Å². The molecule has 0 spiro atoms. The lowest BCUT2D eigenvalue weighted by molar-refractivity contribution is -0.137. The summed E-state index contributed by atoms with van der Waals surface area (Å²) >= 11 is 0. The van der Waals surface area contributed by atoms with Crippen LogP contribution in [0.1, 0.15) is 31.2 Å². The Morgan fingerprint density at radius 1 is 1.15 bits per heavy atom. The molecule has 0 N–H and O–H groups in total. The van der Waals surface area contributed by atoms with Crippen molar-refractivity contribution in [3.63, 3.8) is 0 Å². The summed E-state index contributed by atoms with van der Waals surface area (Å²) in [5.74, 6) is 2.01.